The first kappa shape index (κ1) is 11.4. The molecule has 1 amide bonds. The fraction of sp³-hybridized carbons (Fsp3) is 0. The molecule has 5 heteroatoms. The molecule has 0 unspecified atom stereocenters. The minimum atomic E-state index is -0.496. The molecular weight excluding hydrogens is 245 g/mol. The number of hydrogen-bond donors (Lipinski definition) is 2. The van der Waals surface area contributed by atoms with E-state index in [1.165, 1.54) is 12.1 Å². The van der Waals surface area contributed by atoms with Gasteiger partial charge in [0.05, 0.1) is 11.0 Å². The van der Waals surface area contributed by atoms with Crippen molar-refractivity contribution in [2.24, 2.45) is 5.73 Å². The van der Waals surface area contributed by atoms with Gasteiger partial charge in [-0.15, -0.1) is 0 Å². The van der Waals surface area contributed by atoms with Crippen molar-refractivity contribution in [3.8, 4) is 11.4 Å². The Morgan fingerprint density at radius 3 is 2.79 bits per heavy atom. The van der Waals surface area contributed by atoms with Gasteiger partial charge in [-0.25, -0.2) is 9.37 Å². The van der Waals surface area contributed by atoms with Gasteiger partial charge >= 0.3 is 0 Å². The van der Waals surface area contributed by atoms with Crippen LogP contribution in [-0.4, -0.2) is 15.9 Å². The number of amides is 1. The molecule has 0 spiro atoms. The van der Waals surface area contributed by atoms with E-state index in [9.17, 15) is 9.18 Å². The molecule has 4 nitrogen and oxygen atoms in total. The lowest BCUT2D eigenvalue weighted by Crippen LogP contribution is -2.10. The molecule has 2 aromatic carbocycles. The lowest BCUT2D eigenvalue weighted by atomic mass is 10.2. The molecule has 94 valence electrons. The Morgan fingerprint density at radius 2 is 2.05 bits per heavy atom. The largest absolute Gasteiger partial charge is 0.366 e. The zero-order chi connectivity index (χ0) is 13.4. The highest BCUT2D eigenvalue weighted by Gasteiger charge is 2.08. The molecule has 0 aliphatic rings. The molecule has 0 saturated heterocycles. The van der Waals surface area contributed by atoms with E-state index >= 15 is 0 Å². The molecule has 0 radical (unpaired) electrons. The van der Waals surface area contributed by atoms with Gasteiger partial charge in [0.2, 0.25) is 5.91 Å². The van der Waals surface area contributed by atoms with E-state index in [2.05, 4.69) is 9.97 Å². The number of imidazole rings is 1. The maximum Gasteiger partial charge on any atom is 0.248 e. The third kappa shape index (κ3) is 2.06. The summed E-state index contributed by atoms with van der Waals surface area (Å²) in [4.78, 5) is 18.5. The van der Waals surface area contributed by atoms with Gasteiger partial charge in [-0.05, 0) is 30.3 Å². The third-order valence-corrected chi connectivity index (χ3v) is 2.86. The van der Waals surface area contributed by atoms with Gasteiger partial charge in [-0.2, -0.15) is 0 Å². The summed E-state index contributed by atoms with van der Waals surface area (Å²) in [7, 11) is 0. The van der Waals surface area contributed by atoms with E-state index in [1.54, 1.807) is 30.3 Å². The summed E-state index contributed by atoms with van der Waals surface area (Å²) in [5.74, 6) is -0.268. The predicted molar refractivity (Wildman–Crippen MR) is 70.0 cm³/mol. The number of fused-ring (bicyclic) bond motifs is 1. The van der Waals surface area contributed by atoms with E-state index in [0.29, 0.717) is 28.0 Å². The molecule has 19 heavy (non-hydrogen) atoms. The fourth-order valence-electron chi connectivity index (χ4n) is 1.94. The number of rotatable bonds is 2. The van der Waals surface area contributed by atoms with Crippen LogP contribution in [0.1, 0.15) is 10.4 Å². The third-order valence-electron chi connectivity index (χ3n) is 2.86. The van der Waals surface area contributed by atoms with Crippen LogP contribution in [0.3, 0.4) is 0 Å². The molecule has 0 atom stereocenters. The predicted octanol–water partition coefficient (Wildman–Crippen LogP) is 2.47. The number of nitrogens with two attached hydrogens (primary N) is 1. The first-order chi connectivity index (χ1) is 9.13. The summed E-state index contributed by atoms with van der Waals surface area (Å²) in [6, 6.07) is 11.1. The van der Waals surface area contributed by atoms with E-state index in [-0.39, 0.29) is 5.82 Å². The second kappa shape index (κ2) is 4.20. The minimum Gasteiger partial charge on any atom is -0.366 e. The first-order valence-electron chi connectivity index (χ1n) is 5.69. The van der Waals surface area contributed by atoms with Crippen LogP contribution in [0, 0.1) is 5.82 Å². The average Bonchev–Trinajstić information content (AvgIpc) is 2.81. The molecule has 0 aliphatic heterocycles. The molecule has 1 heterocycles. The molecule has 3 aromatic rings. The number of benzene rings is 2. The SMILES string of the molecule is NC(=O)c1ccc2nc(-c3cccc(F)c3)[nH]c2c1. The Balaban J connectivity index is 2.14. The molecule has 1 aromatic heterocycles. The second-order valence-electron chi connectivity index (χ2n) is 4.19. The summed E-state index contributed by atoms with van der Waals surface area (Å²) in [6.45, 7) is 0. The average molecular weight is 255 g/mol. The maximum atomic E-state index is 13.2. The highest BCUT2D eigenvalue weighted by atomic mass is 19.1. The number of carbonyl (C=O) groups excluding carboxylic acids is 1. The Bertz CT molecular complexity index is 779. The molecule has 0 saturated carbocycles. The van der Waals surface area contributed by atoms with Crippen LogP contribution >= 0.6 is 0 Å². The van der Waals surface area contributed by atoms with Crippen LogP contribution in [-0.2, 0) is 0 Å². The standard InChI is InChI=1S/C14H10FN3O/c15-10-3-1-2-9(6-10)14-17-11-5-4-8(13(16)19)7-12(11)18-14/h1-7H,(H2,16,19)(H,17,18). The number of nitrogens with zero attached hydrogens (tertiary/aromatic N) is 1. The van der Waals surface area contributed by atoms with E-state index in [0.717, 1.165) is 0 Å². The number of carbonyl (C=O) groups is 1. The zero-order valence-corrected chi connectivity index (χ0v) is 9.85. The quantitative estimate of drug-likeness (QED) is 0.738. The normalized spacial score (nSPS) is 10.8. The van der Waals surface area contributed by atoms with Gasteiger partial charge < -0.3 is 10.7 Å². The summed E-state index contributed by atoms with van der Waals surface area (Å²) in [5, 5.41) is 0. The van der Waals surface area contributed by atoms with Crippen LogP contribution in [0.2, 0.25) is 0 Å². The Hall–Kier alpha value is -2.69. The number of aromatic nitrogens is 2. The van der Waals surface area contributed by atoms with Crippen LogP contribution < -0.4 is 5.73 Å². The molecule has 0 fully saturated rings. The van der Waals surface area contributed by atoms with Gasteiger partial charge in [0.25, 0.3) is 0 Å². The minimum absolute atomic E-state index is 0.323. The number of nitrogens with one attached hydrogen (secondary N) is 1. The maximum absolute atomic E-state index is 13.2. The number of hydrogen-bond acceptors (Lipinski definition) is 2. The van der Waals surface area contributed by atoms with Crippen molar-refractivity contribution in [3.63, 3.8) is 0 Å². The van der Waals surface area contributed by atoms with E-state index in [4.69, 9.17) is 5.73 Å². The van der Waals surface area contributed by atoms with Gasteiger partial charge in [-0.3, -0.25) is 4.79 Å². The summed E-state index contributed by atoms with van der Waals surface area (Å²) < 4.78 is 13.2. The molecule has 3 N–H and O–H groups in total. The van der Waals surface area contributed by atoms with Crippen LogP contribution in [0.4, 0.5) is 4.39 Å². The van der Waals surface area contributed by atoms with Crippen molar-refractivity contribution >= 4 is 16.9 Å². The number of halogens is 1. The van der Waals surface area contributed by atoms with Gasteiger partial charge in [-0.1, -0.05) is 12.1 Å². The van der Waals surface area contributed by atoms with Gasteiger partial charge in [0, 0.05) is 11.1 Å². The van der Waals surface area contributed by atoms with Gasteiger partial charge in [0.1, 0.15) is 11.6 Å². The van der Waals surface area contributed by atoms with Crippen molar-refractivity contribution in [2.45, 2.75) is 0 Å². The van der Waals surface area contributed by atoms with Crippen LogP contribution in [0.25, 0.3) is 22.4 Å². The van der Waals surface area contributed by atoms with Crippen LogP contribution in [0.15, 0.2) is 42.5 Å². The monoisotopic (exact) mass is 255 g/mol. The zero-order valence-electron chi connectivity index (χ0n) is 9.85. The van der Waals surface area contributed by atoms with E-state index in [1.807, 2.05) is 0 Å². The van der Waals surface area contributed by atoms with Crippen molar-refractivity contribution in [1.29, 1.82) is 0 Å². The lowest BCUT2D eigenvalue weighted by molar-refractivity contribution is 0.100. The fourth-order valence-corrected chi connectivity index (χ4v) is 1.94. The molecule has 0 bridgehead atoms. The number of H-pyrrole nitrogens is 1. The smallest absolute Gasteiger partial charge is 0.248 e. The summed E-state index contributed by atoms with van der Waals surface area (Å²) >= 11 is 0. The van der Waals surface area contributed by atoms with E-state index < -0.39 is 5.91 Å². The molecule has 3 rings (SSSR count). The Morgan fingerprint density at radius 1 is 1.21 bits per heavy atom. The van der Waals surface area contributed by atoms with Crippen molar-refractivity contribution < 1.29 is 9.18 Å². The van der Waals surface area contributed by atoms with Crippen molar-refractivity contribution in [1.82, 2.24) is 9.97 Å². The van der Waals surface area contributed by atoms with Crippen molar-refractivity contribution in [3.05, 3.63) is 53.8 Å². The number of primary amides is 1. The Labute approximate surface area is 108 Å². The van der Waals surface area contributed by atoms with Crippen molar-refractivity contribution in [2.75, 3.05) is 0 Å². The summed E-state index contributed by atoms with van der Waals surface area (Å²) in [5.41, 5.74) is 7.66. The van der Waals surface area contributed by atoms with Gasteiger partial charge in [0.15, 0.2) is 0 Å². The highest BCUT2D eigenvalue weighted by molar-refractivity contribution is 5.96. The first-order valence-corrected chi connectivity index (χ1v) is 5.69. The lowest BCUT2D eigenvalue weighted by Gasteiger charge is -1.95. The number of aromatic amines is 1. The molecule has 0 aliphatic carbocycles. The second-order valence-corrected chi connectivity index (χ2v) is 4.19. The Kier molecular flexibility index (Phi) is 2.52. The van der Waals surface area contributed by atoms with Crippen LogP contribution in [0.5, 0.6) is 0 Å². The highest BCUT2D eigenvalue weighted by Crippen LogP contribution is 2.21. The summed E-state index contributed by atoms with van der Waals surface area (Å²) in [6.07, 6.45) is 0. The topological polar surface area (TPSA) is 71.8 Å². The molecular formula is C14H10FN3O.